The van der Waals surface area contributed by atoms with E-state index in [1.165, 1.54) is 28.8 Å². The van der Waals surface area contributed by atoms with Crippen molar-refractivity contribution in [1.82, 2.24) is 4.90 Å². The Hall–Kier alpha value is -1.90. The van der Waals surface area contributed by atoms with Crippen molar-refractivity contribution in [2.45, 2.75) is 42.7 Å². The number of Topliss-reactive ketones (excluding diaryl/α,β-unsaturated/α-hetero) is 1. The number of ketones is 1. The van der Waals surface area contributed by atoms with Crippen LogP contribution in [-0.2, 0) is 16.2 Å². The van der Waals surface area contributed by atoms with E-state index in [0.29, 0.717) is 5.56 Å². The predicted octanol–water partition coefficient (Wildman–Crippen LogP) is 0.486. The third-order valence-electron chi connectivity index (χ3n) is 4.75. The number of aliphatic carboxylic acids is 1. The molecule has 1 aromatic carbocycles. The number of benzene rings is 1. The molecule has 25 heavy (non-hydrogen) atoms. The van der Waals surface area contributed by atoms with Crippen LogP contribution in [0.4, 0.5) is 0 Å². The van der Waals surface area contributed by atoms with Crippen molar-refractivity contribution in [3.05, 3.63) is 35.4 Å². The lowest BCUT2D eigenvalue weighted by atomic mass is 9.85. The second kappa shape index (κ2) is 6.12. The number of aliphatic hydroxyl groups is 2. The number of hydrogen-bond donors (Lipinski definition) is 3. The molecule has 2 fully saturated rings. The zero-order valence-electron chi connectivity index (χ0n) is 13.7. The normalized spacial score (nSPS) is 28.2. The topological polar surface area (TPSA) is 115 Å². The fourth-order valence-electron chi connectivity index (χ4n) is 3.44. The van der Waals surface area contributed by atoms with Gasteiger partial charge in [-0.15, -0.1) is 11.8 Å². The highest BCUT2D eigenvalue weighted by Crippen LogP contribution is 2.54. The van der Waals surface area contributed by atoms with Gasteiger partial charge in [-0.25, -0.2) is 4.79 Å². The maximum Gasteiger partial charge on any atom is 0.327 e. The van der Waals surface area contributed by atoms with Crippen LogP contribution >= 0.6 is 11.8 Å². The number of β-lactam (4-membered cyclic amide) rings is 1. The number of carboxylic acid groups (broad SMARTS) is 1. The molecule has 2 aliphatic heterocycles. The van der Waals surface area contributed by atoms with Gasteiger partial charge in [0.1, 0.15) is 18.1 Å². The van der Waals surface area contributed by atoms with Crippen molar-refractivity contribution in [2.24, 2.45) is 5.92 Å². The van der Waals surface area contributed by atoms with Gasteiger partial charge in [0, 0.05) is 10.3 Å². The van der Waals surface area contributed by atoms with Gasteiger partial charge < -0.3 is 20.2 Å². The van der Waals surface area contributed by atoms with Crippen LogP contribution in [0.5, 0.6) is 0 Å². The minimum atomic E-state index is -1.52. The summed E-state index contributed by atoms with van der Waals surface area (Å²) in [7, 11) is 0. The molecule has 0 radical (unpaired) electrons. The lowest BCUT2D eigenvalue weighted by molar-refractivity contribution is -0.167. The van der Waals surface area contributed by atoms with Gasteiger partial charge in [0.05, 0.1) is 12.0 Å². The molecule has 8 heteroatoms. The SMILES string of the molecule is CC1(C)S[C@@H]2[C@H]([C@H](O)C(=O)c3ccc(CO)cc3)C(=O)N2[C@H]1C(=O)O. The maximum absolute atomic E-state index is 12.5. The van der Waals surface area contributed by atoms with E-state index in [2.05, 4.69) is 0 Å². The number of amides is 1. The van der Waals surface area contributed by atoms with Crippen molar-refractivity contribution < 1.29 is 29.7 Å². The Morgan fingerprint density at radius 3 is 2.40 bits per heavy atom. The molecule has 2 aliphatic rings. The summed E-state index contributed by atoms with van der Waals surface area (Å²) in [6.45, 7) is 3.32. The van der Waals surface area contributed by atoms with E-state index < -0.39 is 45.8 Å². The van der Waals surface area contributed by atoms with Gasteiger partial charge in [-0.05, 0) is 19.4 Å². The average Bonchev–Trinajstić information content (AvgIpc) is 2.82. The number of rotatable bonds is 5. The van der Waals surface area contributed by atoms with Crippen LogP contribution in [0.3, 0.4) is 0 Å². The smallest absolute Gasteiger partial charge is 0.327 e. The molecule has 0 spiro atoms. The summed E-state index contributed by atoms with van der Waals surface area (Å²) in [5.41, 5.74) is 0.877. The second-order valence-corrected chi connectivity index (χ2v) is 8.56. The van der Waals surface area contributed by atoms with E-state index >= 15 is 0 Å². The standard InChI is InChI=1S/C17H19NO6S/c1-17(2)13(16(23)24)18-14(22)10(15(18)25-17)12(21)11(20)9-5-3-8(7-19)4-6-9/h3-6,10,12-13,15,19,21H,7H2,1-2H3,(H,23,24)/t10-,12+,13+,15-/m1/s1. The molecule has 0 aliphatic carbocycles. The highest BCUT2D eigenvalue weighted by atomic mass is 32.2. The molecule has 2 heterocycles. The molecule has 4 atom stereocenters. The minimum absolute atomic E-state index is 0.155. The van der Waals surface area contributed by atoms with Crippen LogP contribution in [0, 0.1) is 5.92 Å². The molecular formula is C17H19NO6S. The first-order valence-electron chi connectivity index (χ1n) is 7.84. The Kier molecular flexibility index (Phi) is 4.38. The average molecular weight is 365 g/mol. The summed E-state index contributed by atoms with van der Waals surface area (Å²) in [6.07, 6.45) is -1.52. The van der Waals surface area contributed by atoms with E-state index in [0.717, 1.165) is 0 Å². The third-order valence-corrected chi connectivity index (χ3v) is 6.34. The highest BCUT2D eigenvalue weighted by Gasteiger charge is 2.65. The molecule has 134 valence electrons. The first-order chi connectivity index (χ1) is 11.7. The maximum atomic E-state index is 12.5. The Morgan fingerprint density at radius 2 is 1.88 bits per heavy atom. The van der Waals surface area contributed by atoms with Crippen LogP contribution in [0.1, 0.15) is 29.8 Å². The molecule has 1 amide bonds. The summed E-state index contributed by atoms with van der Waals surface area (Å²) >= 11 is 1.29. The molecule has 0 saturated carbocycles. The van der Waals surface area contributed by atoms with E-state index in [-0.39, 0.29) is 12.2 Å². The van der Waals surface area contributed by atoms with Crippen molar-refractivity contribution in [3.63, 3.8) is 0 Å². The highest BCUT2D eigenvalue weighted by molar-refractivity contribution is 8.01. The molecule has 1 aromatic rings. The second-order valence-electron chi connectivity index (χ2n) is 6.79. The van der Waals surface area contributed by atoms with Crippen LogP contribution < -0.4 is 0 Å². The van der Waals surface area contributed by atoms with Crippen molar-refractivity contribution in [2.75, 3.05) is 0 Å². The Morgan fingerprint density at radius 1 is 1.28 bits per heavy atom. The van der Waals surface area contributed by atoms with Gasteiger partial charge >= 0.3 is 5.97 Å². The number of carbonyl (C=O) groups excluding carboxylic acids is 2. The number of nitrogens with zero attached hydrogens (tertiary/aromatic N) is 1. The molecule has 7 nitrogen and oxygen atoms in total. The number of carboxylic acids is 1. The summed E-state index contributed by atoms with van der Waals surface area (Å²) < 4.78 is -0.702. The number of thioether (sulfide) groups is 1. The van der Waals surface area contributed by atoms with E-state index in [1.54, 1.807) is 26.0 Å². The molecular weight excluding hydrogens is 346 g/mol. The number of fused-ring (bicyclic) bond motifs is 1. The minimum Gasteiger partial charge on any atom is -0.480 e. The van der Waals surface area contributed by atoms with Gasteiger partial charge in [0.2, 0.25) is 5.91 Å². The number of hydrogen-bond acceptors (Lipinski definition) is 6. The first kappa shape index (κ1) is 17.9. The monoisotopic (exact) mass is 365 g/mol. The lowest BCUT2D eigenvalue weighted by Crippen LogP contribution is -2.66. The molecule has 3 N–H and O–H groups in total. The quantitative estimate of drug-likeness (QED) is 0.514. The van der Waals surface area contributed by atoms with Crippen molar-refractivity contribution in [1.29, 1.82) is 0 Å². The van der Waals surface area contributed by atoms with E-state index in [9.17, 15) is 24.6 Å². The van der Waals surface area contributed by atoms with E-state index in [1.807, 2.05) is 0 Å². The predicted molar refractivity (Wildman–Crippen MR) is 89.9 cm³/mol. The van der Waals surface area contributed by atoms with E-state index in [4.69, 9.17) is 5.11 Å². The largest absolute Gasteiger partial charge is 0.480 e. The van der Waals surface area contributed by atoms with Gasteiger partial charge in [-0.2, -0.15) is 0 Å². The fraction of sp³-hybridized carbons (Fsp3) is 0.471. The van der Waals surface area contributed by atoms with Gasteiger partial charge in [0.15, 0.2) is 5.78 Å². The molecule has 2 saturated heterocycles. The van der Waals surface area contributed by atoms with Gasteiger partial charge in [0.25, 0.3) is 0 Å². The Bertz CT molecular complexity index is 731. The van der Waals surface area contributed by atoms with Crippen molar-refractivity contribution >= 4 is 29.4 Å². The summed E-state index contributed by atoms with van der Waals surface area (Å²) in [6, 6.07) is 5.15. The first-order valence-corrected chi connectivity index (χ1v) is 8.72. The van der Waals surface area contributed by atoms with Crippen LogP contribution in [0.2, 0.25) is 0 Å². The molecule has 3 rings (SSSR count). The van der Waals surface area contributed by atoms with Crippen LogP contribution in [-0.4, -0.2) is 60.1 Å². The molecule has 0 bridgehead atoms. The fourth-order valence-corrected chi connectivity index (χ4v) is 5.16. The zero-order valence-corrected chi connectivity index (χ0v) is 14.6. The molecule has 0 aromatic heterocycles. The summed E-state index contributed by atoms with van der Waals surface area (Å²) in [5.74, 6) is -3.13. The third kappa shape index (κ3) is 2.74. The van der Waals surface area contributed by atoms with Crippen LogP contribution in [0.25, 0.3) is 0 Å². The zero-order chi connectivity index (χ0) is 18.5. The van der Waals surface area contributed by atoms with Gasteiger partial charge in [-0.3, -0.25) is 9.59 Å². The Balaban J connectivity index is 1.80. The summed E-state index contributed by atoms with van der Waals surface area (Å²) in [5, 5.41) is 28.3. The number of aliphatic hydroxyl groups excluding tert-OH is 2. The lowest BCUT2D eigenvalue weighted by Gasteiger charge is -2.45. The Labute approximate surface area is 148 Å². The molecule has 0 unspecified atom stereocenters. The van der Waals surface area contributed by atoms with Crippen LogP contribution in [0.15, 0.2) is 24.3 Å². The van der Waals surface area contributed by atoms with Crippen molar-refractivity contribution in [3.8, 4) is 0 Å². The summed E-state index contributed by atoms with van der Waals surface area (Å²) in [4.78, 5) is 37.6. The van der Waals surface area contributed by atoms with Gasteiger partial charge in [-0.1, -0.05) is 24.3 Å². The number of carbonyl (C=O) groups is 3.